The predicted molar refractivity (Wildman–Crippen MR) is 39.4 cm³/mol. The Morgan fingerprint density at radius 3 is 3.00 bits per heavy atom. The Balaban J connectivity index is 2.71. The van der Waals surface area contributed by atoms with Gasteiger partial charge >= 0.3 is 0 Å². The Morgan fingerprint density at radius 2 is 2.55 bits per heavy atom. The number of nitrogens with zero attached hydrogens (tertiary/aromatic N) is 2. The maximum absolute atomic E-state index is 9.86. The molecule has 58 valence electrons. The number of nitro groups is 1. The van der Waals surface area contributed by atoms with Gasteiger partial charge in [0.05, 0.1) is 11.0 Å². The SMILES string of the molecule is Cc1cnc(C=C[N+](=O)[O-])[nH]1. The van der Waals surface area contributed by atoms with Crippen molar-refractivity contribution in [2.75, 3.05) is 0 Å². The van der Waals surface area contributed by atoms with Gasteiger partial charge in [0.1, 0.15) is 5.82 Å². The summed E-state index contributed by atoms with van der Waals surface area (Å²) in [5.41, 5.74) is 0.882. The average molecular weight is 153 g/mol. The third-order valence-corrected chi connectivity index (χ3v) is 1.08. The summed E-state index contributed by atoms with van der Waals surface area (Å²) < 4.78 is 0. The van der Waals surface area contributed by atoms with Gasteiger partial charge in [0.2, 0.25) is 6.20 Å². The third-order valence-electron chi connectivity index (χ3n) is 1.08. The molecule has 1 rings (SSSR count). The lowest BCUT2D eigenvalue weighted by atomic mass is 10.5. The Bertz CT molecular complexity index is 290. The van der Waals surface area contributed by atoms with Gasteiger partial charge in [-0.2, -0.15) is 0 Å². The highest BCUT2D eigenvalue weighted by atomic mass is 16.6. The molecule has 5 nitrogen and oxygen atoms in total. The van der Waals surface area contributed by atoms with Crippen molar-refractivity contribution < 1.29 is 4.92 Å². The van der Waals surface area contributed by atoms with Gasteiger partial charge in [-0.15, -0.1) is 0 Å². The van der Waals surface area contributed by atoms with Crippen LogP contribution < -0.4 is 0 Å². The zero-order chi connectivity index (χ0) is 8.27. The molecule has 0 aliphatic heterocycles. The van der Waals surface area contributed by atoms with Gasteiger partial charge in [-0.1, -0.05) is 0 Å². The molecule has 0 unspecified atom stereocenters. The van der Waals surface area contributed by atoms with Crippen molar-refractivity contribution >= 4 is 6.08 Å². The molecule has 0 radical (unpaired) electrons. The van der Waals surface area contributed by atoms with Crippen LogP contribution in [0.15, 0.2) is 12.4 Å². The highest BCUT2D eigenvalue weighted by molar-refractivity contribution is 5.37. The fraction of sp³-hybridized carbons (Fsp3) is 0.167. The van der Waals surface area contributed by atoms with E-state index in [1.54, 1.807) is 6.20 Å². The molecule has 0 spiro atoms. The molecule has 0 saturated heterocycles. The number of H-pyrrole nitrogens is 1. The van der Waals surface area contributed by atoms with E-state index in [2.05, 4.69) is 9.97 Å². The standard InChI is InChI=1S/C6H7N3O2/c1-5-4-7-6(8-5)2-3-9(10)11/h2-4H,1H3,(H,7,8). The predicted octanol–water partition coefficient (Wildman–Crippen LogP) is 0.966. The average Bonchev–Trinajstić information content (AvgIpc) is 2.31. The zero-order valence-electron chi connectivity index (χ0n) is 5.94. The number of rotatable bonds is 2. The van der Waals surface area contributed by atoms with Crippen LogP contribution in [0.4, 0.5) is 0 Å². The fourth-order valence-electron chi connectivity index (χ4n) is 0.649. The van der Waals surface area contributed by atoms with Crippen LogP contribution >= 0.6 is 0 Å². The van der Waals surface area contributed by atoms with Crippen molar-refractivity contribution in [3.05, 3.63) is 34.0 Å². The first-order valence-corrected chi connectivity index (χ1v) is 3.02. The molecule has 0 aliphatic rings. The van der Waals surface area contributed by atoms with Gasteiger partial charge in [0.25, 0.3) is 0 Å². The highest BCUT2D eigenvalue weighted by Crippen LogP contribution is 1.96. The van der Waals surface area contributed by atoms with E-state index >= 15 is 0 Å². The van der Waals surface area contributed by atoms with E-state index in [-0.39, 0.29) is 0 Å². The maximum atomic E-state index is 9.86. The van der Waals surface area contributed by atoms with Crippen molar-refractivity contribution in [2.24, 2.45) is 0 Å². The summed E-state index contributed by atoms with van der Waals surface area (Å²) in [7, 11) is 0. The van der Waals surface area contributed by atoms with Crippen LogP contribution in [0.2, 0.25) is 0 Å². The second-order valence-corrected chi connectivity index (χ2v) is 2.05. The topological polar surface area (TPSA) is 71.8 Å². The van der Waals surface area contributed by atoms with E-state index in [1.807, 2.05) is 6.92 Å². The van der Waals surface area contributed by atoms with Crippen LogP contribution in [0, 0.1) is 17.0 Å². The molecule has 0 aliphatic carbocycles. The molecule has 5 heteroatoms. The van der Waals surface area contributed by atoms with Crippen LogP contribution in [-0.2, 0) is 0 Å². The fourth-order valence-corrected chi connectivity index (χ4v) is 0.649. The minimum atomic E-state index is -0.530. The number of hydrogen-bond acceptors (Lipinski definition) is 3. The molecule has 0 fully saturated rings. The first-order chi connectivity index (χ1) is 5.18. The second-order valence-electron chi connectivity index (χ2n) is 2.05. The molecule has 0 saturated carbocycles. The number of aromatic nitrogens is 2. The summed E-state index contributed by atoms with van der Waals surface area (Å²) in [5.74, 6) is 0.499. The van der Waals surface area contributed by atoms with Crippen LogP contribution in [0.3, 0.4) is 0 Å². The highest BCUT2D eigenvalue weighted by Gasteiger charge is 1.92. The molecular weight excluding hydrogens is 146 g/mol. The minimum absolute atomic E-state index is 0.499. The van der Waals surface area contributed by atoms with Gasteiger partial charge < -0.3 is 4.98 Å². The lowest BCUT2D eigenvalue weighted by Crippen LogP contribution is -1.83. The summed E-state index contributed by atoms with van der Waals surface area (Å²) in [6, 6.07) is 0. The lowest BCUT2D eigenvalue weighted by molar-refractivity contribution is -0.401. The second kappa shape index (κ2) is 2.96. The van der Waals surface area contributed by atoms with Crippen LogP contribution in [0.1, 0.15) is 11.5 Å². The Labute approximate surface area is 62.9 Å². The summed E-state index contributed by atoms with van der Waals surface area (Å²) >= 11 is 0. The number of hydrogen-bond donors (Lipinski definition) is 1. The number of nitrogens with one attached hydrogen (secondary N) is 1. The van der Waals surface area contributed by atoms with Crippen molar-refractivity contribution in [1.29, 1.82) is 0 Å². The van der Waals surface area contributed by atoms with Crippen LogP contribution in [-0.4, -0.2) is 14.9 Å². The van der Waals surface area contributed by atoms with E-state index < -0.39 is 4.92 Å². The van der Waals surface area contributed by atoms with E-state index in [1.165, 1.54) is 6.08 Å². The number of aromatic amines is 1. The number of aryl methyl sites for hydroxylation is 1. The molecule has 1 heterocycles. The minimum Gasteiger partial charge on any atom is -0.342 e. The molecule has 11 heavy (non-hydrogen) atoms. The summed E-state index contributed by atoms with van der Waals surface area (Å²) in [6.07, 6.45) is 3.77. The molecule has 1 aromatic heterocycles. The van der Waals surface area contributed by atoms with Gasteiger partial charge in [0.15, 0.2) is 0 Å². The van der Waals surface area contributed by atoms with Gasteiger partial charge in [-0.3, -0.25) is 10.1 Å². The smallest absolute Gasteiger partial charge is 0.238 e. The van der Waals surface area contributed by atoms with Crippen molar-refractivity contribution in [1.82, 2.24) is 9.97 Å². The van der Waals surface area contributed by atoms with Gasteiger partial charge in [0, 0.05) is 11.9 Å². The molecule has 0 aromatic carbocycles. The molecule has 0 amide bonds. The van der Waals surface area contributed by atoms with Crippen LogP contribution in [0.25, 0.3) is 6.08 Å². The first kappa shape index (κ1) is 7.46. The summed E-state index contributed by atoms with van der Waals surface area (Å²) in [5, 5.41) is 9.86. The first-order valence-electron chi connectivity index (χ1n) is 3.02. The summed E-state index contributed by atoms with van der Waals surface area (Å²) in [6.45, 7) is 1.83. The third kappa shape index (κ3) is 2.21. The quantitative estimate of drug-likeness (QED) is 0.508. The molecule has 1 aromatic rings. The van der Waals surface area contributed by atoms with Gasteiger partial charge in [-0.25, -0.2) is 4.98 Å². The zero-order valence-corrected chi connectivity index (χ0v) is 5.94. The molecular formula is C6H7N3O2. The summed E-state index contributed by atoms with van der Waals surface area (Å²) in [4.78, 5) is 16.0. The normalized spacial score (nSPS) is 10.6. The largest absolute Gasteiger partial charge is 0.342 e. The van der Waals surface area contributed by atoms with Gasteiger partial charge in [-0.05, 0) is 6.92 Å². The van der Waals surface area contributed by atoms with Crippen LogP contribution in [0.5, 0.6) is 0 Å². The van der Waals surface area contributed by atoms with Crippen molar-refractivity contribution in [3.8, 4) is 0 Å². The molecule has 0 bridgehead atoms. The maximum Gasteiger partial charge on any atom is 0.238 e. The lowest BCUT2D eigenvalue weighted by Gasteiger charge is -1.79. The Kier molecular flexibility index (Phi) is 2.00. The van der Waals surface area contributed by atoms with E-state index in [0.29, 0.717) is 5.82 Å². The molecule has 1 N–H and O–H groups in total. The monoisotopic (exact) mass is 153 g/mol. The Morgan fingerprint density at radius 1 is 1.82 bits per heavy atom. The van der Waals surface area contributed by atoms with E-state index in [9.17, 15) is 10.1 Å². The van der Waals surface area contributed by atoms with Crippen molar-refractivity contribution in [3.63, 3.8) is 0 Å². The molecule has 0 atom stereocenters. The van der Waals surface area contributed by atoms with E-state index in [4.69, 9.17) is 0 Å². The van der Waals surface area contributed by atoms with E-state index in [0.717, 1.165) is 11.9 Å². The number of imidazole rings is 1. The Hall–Kier alpha value is -1.65. The van der Waals surface area contributed by atoms with Crippen molar-refractivity contribution in [2.45, 2.75) is 6.92 Å².